The zero-order valence-electron chi connectivity index (χ0n) is 22.0. The lowest BCUT2D eigenvalue weighted by Crippen LogP contribution is -2.44. The van der Waals surface area contributed by atoms with E-state index in [0.29, 0.717) is 23.3 Å². The number of cyclic esters (lactones) is 1. The third-order valence-electron chi connectivity index (χ3n) is 7.58. The van der Waals surface area contributed by atoms with Crippen LogP contribution in [0.3, 0.4) is 0 Å². The zero-order valence-corrected chi connectivity index (χ0v) is 22.0. The molecule has 0 spiro atoms. The Labute approximate surface area is 231 Å². The average Bonchev–Trinajstić information content (AvgIpc) is 3.32. The maximum Gasteiger partial charge on any atom is 0.519 e. The number of carbonyl (C=O) groups is 2. The molecule has 12 nitrogen and oxygen atoms in total. The van der Waals surface area contributed by atoms with Crippen LogP contribution >= 0.6 is 0 Å². The highest BCUT2D eigenvalue weighted by Crippen LogP contribution is 2.40. The summed E-state index contributed by atoms with van der Waals surface area (Å²) in [6.07, 6.45) is -0.383. The van der Waals surface area contributed by atoms with Crippen LogP contribution in [-0.2, 0) is 34.7 Å². The predicted octanol–water partition coefficient (Wildman–Crippen LogP) is 4.13. The number of non-ortho nitro benzene ring substituents is 1. The van der Waals surface area contributed by atoms with Gasteiger partial charge < -0.3 is 23.9 Å². The molecule has 0 bridgehead atoms. The van der Waals surface area contributed by atoms with E-state index in [2.05, 4.69) is 0 Å². The van der Waals surface area contributed by atoms with Crippen molar-refractivity contribution in [2.45, 2.75) is 45.4 Å². The van der Waals surface area contributed by atoms with E-state index in [1.54, 1.807) is 35.8 Å². The van der Waals surface area contributed by atoms with Crippen LogP contribution in [0.5, 0.6) is 11.5 Å². The number of nitrogens with zero attached hydrogens (tertiary/aromatic N) is 3. The summed E-state index contributed by atoms with van der Waals surface area (Å²) in [5, 5.41) is 22.6. The lowest BCUT2D eigenvalue weighted by molar-refractivity contribution is -0.384. The number of hydrogen-bond donors (Lipinski definition) is 1. The van der Waals surface area contributed by atoms with Crippen molar-refractivity contribution in [3.05, 3.63) is 91.3 Å². The highest BCUT2D eigenvalue weighted by atomic mass is 16.7. The quantitative estimate of drug-likeness (QED) is 0.144. The second-order valence-corrected chi connectivity index (χ2v) is 9.76. The fourth-order valence-corrected chi connectivity index (χ4v) is 5.46. The number of hydrogen-bond acceptors (Lipinski definition) is 10. The van der Waals surface area contributed by atoms with Crippen molar-refractivity contribution >= 4 is 28.7 Å². The molecule has 0 amide bonds. The minimum atomic E-state index is -1.91. The van der Waals surface area contributed by atoms with Gasteiger partial charge in [-0.1, -0.05) is 13.8 Å². The first-order chi connectivity index (χ1) is 19.6. The molecule has 1 atom stereocenters. The highest BCUT2D eigenvalue weighted by Gasteiger charge is 2.45. The SMILES string of the molecule is CCc1c2c(nc3ccc(OC(=O)Oc4ccc([N+](=O)[O-])cc4)cc13)-c1cc3c(c(=O)n1C2)COC(=O)[C@@]3(O)CC. The Morgan fingerprint density at radius 3 is 2.49 bits per heavy atom. The van der Waals surface area contributed by atoms with Crippen molar-refractivity contribution in [3.63, 3.8) is 0 Å². The van der Waals surface area contributed by atoms with Crippen molar-refractivity contribution in [3.8, 4) is 22.9 Å². The van der Waals surface area contributed by atoms with Gasteiger partial charge in [-0.05, 0) is 54.8 Å². The monoisotopic (exact) mass is 557 g/mol. The van der Waals surface area contributed by atoms with Crippen molar-refractivity contribution in [2.75, 3.05) is 0 Å². The Balaban J connectivity index is 1.36. The second kappa shape index (κ2) is 9.52. The largest absolute Gasteiger partial charge is 0.519 e. The Morgan fingerprint density at radius 1 is 1.10 bits per heavy atom. The third-order valence-corrected chi connectivity index (χ3v) is 7.58. The fraction of sp³-hybridized carbons (Fsp3) is 0.241. The number of aliphatic hydroxyl groups is 1. The molecule has 41 heavy (non-hydrogen) atoms. The number of nitro benzene ring substituents is 1. The summed E-state index contributed by atoms with van der Waals surface area (Å²) in [5.41, 5.74) is 1.50. The van der Waals surface area contributed by atoms with E-state index >= 15 is 0 Å². The number of fused-ring (bicyclic) bond motifs is 5. The molecule has 12 heteroatoms. The topological polar surface area (TPSA) is 160 Å². The number of ether oxygens (including phenoxy) is 3. The molecule has 0 unspecified atom stereocenters. The number of aryl methyl sites for hydroxylation is 1. The standard InChI is InChI=1S/C29H23N3O9/c1-3-18-19-11-17(41-28(35)40-16-7-5-15(6-8-16)32(37)38)9-10-23(19)30-25-20(18)13-31-24(25)12-22-21(26(31)33)14-39-27(34)29(22,36)4-2/h5-12,36H,3-4,13-14H2,1-2H3/t29-/m1/s1. The first-order valence-electron chi connectivity index (χ1n) is 12.9. The van der Waals surface area contributed by atoms with Gasteiger partial charge in [0.1, 0.15) is 18.1 Å². The third kappa shape index (κ3) is 4.11. The van der Waals surface area contributed by atoms with E-state index in [1.807, 2.05) is 6.92 Å². The lowest BCUT2D eigenvalue weighted by Gasteiger charge is -2.31. The molecule has 0 saturated heterocycles. The number of esters is 1. The van der Waals surface area contributed by atoms with Gasteiger partial charge in [-0.3, -0.25) is 14.9 Å². The van der Waals surface area contributed by atoms with Gasteiger partial charge in [-0.25, -0.2) is 14.6 Å². The van der Waals surface area contributed by atoms with E-state index in [-0.39, 0.29) is 53.4 Å². The molecular formula is C29H23N3O9. The number of rotatable bonds is 5. The van der Waals surface area contributed by atoms with Crippen LogP contribution in [0.2, 0.25) is 0 Å². The molecule has 2 aliphatic heterocycles. The number of pyridine rings is 2. The number of aromatic nitrogens is 2. The van der Waals surface area contributed by atoms with E-state index in [0.717, 1.165) is 16.5 Å². The van der Waals surface area contributed by atoms with Crippen LogP contribution in [0.1, 0.15) is 42.5 Å². The molecule has 4 heterocycles. The minimum Gasteiger partial charge on any atom is -0.458 e. The van der Waals surface area contributed by atoms with Crippen LogP contribution in [0.15, 0.2) is 53.3 Å². The van der Waals surface area contributed by atoms with Gasteiger partial charge in [0.25, 0.3) is 11.2 Å². The number of nitro groups is 1. The summed E-state index contributed by atoms with van der Waals surface area (Å²) in [6.45, 7) is 3.65. The van der Waals surface area contributed by atoms with Crippen molar-refractivity contribution < 1.29 is 33.8 Å². The molecule has 4 aromatic rings. The highest BCUT2D eigenvalue weighted by molar-refractivity contribution is 5.90. The molecule has 2 aromatic heterocycles. The van der Waals surface area contributed by atoms with Crippen LogP contribution in [-0.4, -0.2) is 31.7 Å². The summed E-state index contributed by atoms with van der Waals surface area (Å²) in [6, 6.07) is 11.6. The Kier molecular flexibility index (Phi) is 6.07. The maximum atomic E-state index is 13.5. The van der Waals surface area contributed by atoms with Gasteiger partial charge in [0, 0.05) is 28.6 Å². The molecule has 0 radical (unpaired) electrons. The first-order valence-corrected chi connectivity index (χ1v) is 12.9. The zero-order chi connectivity index (χ0) is 29.1. The van der Waals surface area contributed by atoms with Gasteiger partial charge in [-0.2, -0.15) is 0 Å². The predicted molar refractivity (Wildman–Crippen MR) is 144 cm³/mol. The summed E-state index contributed by atoms with van der Waals surface area (Å²) in [7, 11) is 0. The molecule has 6 rings (SSSR count). The van der Waals surface area contributed by atoms with Gasteiger partial charge in [0.05, 0.1) is 33.9 Å². The summed E-state index contributed by atoms with van der Waals surface area (Å²) in [5.74, 6) is -0.494. The minimum absolute atomic E-state index is 0.0509. The summed E-state index contributed by atoms with van der Waals surface area (Å²) >= 11 is 0. The fourth-order valence-electron chi connectivity index (χ4n) is 5.46. The molecule has 2 aliphatic rings. The first kappa shape index (κ1) is 26.1. The number of benzene rings is 2. The van der Waals surface area contributed by atoms with E-state index in [1.165, 1.54) is 24.3 Å². The van der Waals surface area contributed by atoms with Gasteiger partial charge >= 0.3 is 12.1 Å². The normalized spacial score (nSPS) is 16.9. The molecule has 208 valence electrons. The molecular weight excluding hydrogens is 534 g/mol. The van der Waals surface area contributed by atoms with Crippen LogP contribution in [0.4, 0.5) is 10.5 Å². The average molecular weight is 558 g/mol. The second-order valence-electron chi connectivity index (χ2n) is 9.76. The Bertz CT molecular complexity index is 1850. The van der Waals surface area contributed by atoms with Crippen molar-refractivity contribution in [1.82, 2.24) is 9.55 Å². The van der Waals surface area contributed by atoms with E-state index in [9.17, 15) is 29.6 Å². The van der Waals surface area contributed by atoms with Crippen LogP contribution in [0.25, 0.3) is 22.3 Å². The maximum absolute atomic E-state index is 13.5. The number of carbonyl (C=O) groups excluding carboxylic acids is 2. The van der Waals surface area contributed by atoms with Gasteiger partial charge in [0.2, 0.25) is 0 Å². The van der Waals surface area contributed by atoms with Gasteiger partial charge in [-0.15, -0.1) is 0 Å². The molecule has 0 aliphatic carbocycles. The van der Waals surface area contributed by atoms with Crippen molar-refractivity contribution in [1.29, 1.82) is 0 Å². The van der Waals surface area contributed by atoms with Crippen LogP contribution < -0.4 is 15.0 Å². The molecule has 2 aromatic carbocycles. The smallest absolute Gasteiger partial charge is 0.458 e. The molecule has 0 fully saturated rings. The van der Waals surface area contributed by atoms with E-state index in [4.69, 9.17) is 19.2 Å². The Hall–Kier alpha value is -5.10. The van der Waals surface area contributed by atoms with Crippen molar-refractivity contribution in [2.24, 2.45) is 0 Å². The van der Waals surface area contributed by atoms with E-state index < -0.39 is 22.6 Å². The molecule has 0 saturated carbocycles. The lowest BCUT2D eigenvalue weighted by atomic mass is 9.86. The molecule has 1 N–H and O–H groups in total. The summed E-state index contributed by atoms with van der Waals surface area (Å²) in [4.78, 5) is 53.4. The van der Waals surface area contributed by atoms with Crippen LogP contribution in [0, 0.1) is 10.1 Å². The Morgan fingerprint density at radius 2 is 1.80 bits per heavy atom. The van der Waals surface area contributed by atoms with Gasteiger partial charge in [0.15, 0.2) is 5.60 Å². The summed E-state index contributed by atoms with van der Waals surface area (Å²) < 4.78 is 17.2.